The lowest BCUT2D eigenvalue weighted by Gasteiger charge is -2.11. The maximum absolute atomic E-state index is 5.22. The molecule has 0 aliphatic heterocycles. The highest BCUT2D eigenvalue weighted by Gasteiger charge is 2.03. The van der Waals surface area contributed by atoms with E-state index >= 15 is 0 Å². The molecular formula is C7H12OS2. The van der Waals surface area contributed by atoms with Crippen LogP contribution in [0.3, 0.4) is 0 Å². The third-order valence-electron chi connectivity index (χ3n) is 1.06. The molecule has 0 saturated carbocycles. The van der Waals surface area contributed by atoms with Gasteiger partial charge in [-0.3, -0.25) is 0 Å². The molecule has 1 nitrogen and oxygen atoms in total. The van der Waals surface area contributed by atoms with Gasteiger partial charge in [0.05, 0.1) is 6.10 Å². The number of rotatable bonds is 5. The van der Waals surface area contributed by atoms with Gasteiger partial charge in [0.25, 0.3) is 0 Å². The van der Waals surface area contributed by atoms with Gasteiger partial charge in [-0.2, -0.15) is 25.3 Å². The first-order chi connectivity index (χ1) is 4.85. The topological polar surface area (TPSA) is 9.23 Å². The van der Waals surface area contributed by atoms with Crippen LogP contribution in [-0.4, -0.2) is 24.2 Å². The van der Waals surface area contributed by atoms with Crippen molar-refractivity contribution in [1.82, 2.24) is 0 Å². The molecule has 1 atom stereocenters. The molecule has 0 rings (SSSR count). The Kier molecular flexibility index (Phi) is 7.49. The Hall–Kier alpha value is 0.220. The summed E-state index contributed by atoms with van der Waals surface area (Å²) in [4.78, 5) is 0. The molecule has 0 aliphatic carbocycles. The van der Waals surface area contributed by atoms with Crippen molar-refractivity contribution in [2.75, 3.05) is 18.1 Å². The SMILES string of the molecule is C#CCOC(CS)CCS. The first-order valence-electron chi connectivity index (χ1n) is 3.12. The van der Waals surface area contributed by atoms with E-state index in [1.807, 2.05) is 0 Å². The van der Waals surface area contributed by atoms with Crippen molar-refractivity contribution in [1.29, 1.82) is 0 Å². The van der Waals surface area contributed by atoms with Crippen LogP contribution in [0.2, 0.25) is 0 Å². The minimum Gasteiger partial charge on any atom is -0.365 e. The Balaban J connectivity index is 3.32. The second kappa shape index (κ2) is 7.33. The lowest BCUT2D eigenvalue weighted by Crippen LogP contribution is -2.15. The fraction of sp³-hybridized carbons (Fsp3) is 0.714. The van der Waals surface area contributed by atoms with Crippen LogP contribution in [0.4, 0.5) is 0 Å². The van der Waals surface area contributed by atoms with Crippen molar-refractivity contribution in [3.05, 3.63) is 0 Å². The van der Waals surface area contributed by atoms with Crippen molar-refractivity contribution in [3.8, 4) is 12.3 Å². The second-order valence-corrected chi connectivity index (χ2v) is 2.64. The Morgan fingerprint density at radius 2 is 2.20 bits per heavy atom. The van der Waals surface area contributed by atoms with Crippen LogP contribution < -0.4 is 0 Å². The molecule has 0 bridgehead atoms. The maximum Gasteiger partial charge on any atom is 0.107 e. The van der Waals surface area contributed by atoms with Gasteiger partial charge >= 0.3 is 0 Å². The molecule has 3 heteroatoms. The van der Waals surface area contributed by atoms with E-state index in [1.165, 1.54) is 0 Å². The third-order valence-corrected chi connectivity index (χ3v) is 1.72. The first-order valence-corrected chi connectivity index (χ1v) is 4.38. The molecule has 1 unspecified atom stereocenters. The summed E-state index contributed by atoms with van der Waals surface area (Å²) < 4.78 is 5.22. The zero-order valence-electron chi connectivity index (χ0n) is 5.79. The molecule has 0 radical (unpaired) electrons. The van der Waals surface area contributed by atoms with Crippen molar-refractivity contribution in [2.45, 2.75) is 12.5 Å². The molecule has 0 fully saturated rings. The van der Waals surface area contributed by atoms with Crippen LogP contribution in [0.25, 0.3) is 0 Å². The van der Waals surface area contributed by atoms with E-state index < -0.39 is 0 Å². The van der Waals surface area contributed by atoms with Crippen LogP contribution in [-0.2, 0) is 4.74 Å². The molecule has 10 heavy (non-hydrogen) atoms. The average Bonchev–Trinajstić information content (AvgIpc) is 1.98. The smallest absolute Gasteiger partial charge is 0.107 e. The molecule has 58 valence electrons. The minimum absolute atomic E-state index is 0.164. The molecule has 0 aromatic rings. The van der Waals surface area contributed by atoms with Crippen LogP contribution in [0.5, 0.6) is 0 Å². The third kappa shape index (κ3) is 5.04. The highest BCUT2D eigenvalue weighted by molar-refractivity contribution is 7.80. The van der Waals surface area contributed by atoms with Gasteiger partial charge in [0.2, 0.25) is 0 Å². The zero-order valence-corrected chi connectivity index (χ0v) is 7.57. The molecule has 0 N–H and O–H groups in total. The van der Waals surface area contributed by atoms with Gasteiger partial charge in [-0.15, -0.1) is 6.42 Å². The van der Waals surface area contributed by atoms with Crippen molar-refractivity contribution >= 4 is 25.3 Å². The first kappa shape index (κ1) is 10.2. The number of terminal acetylenes is 1. The summed E-state index contributed by atoms with van der Waals surface area (Å²) in [6, 6.07) is 0. The largest absolute Gasteiger partial charge is 0.365 e. The van der Waals surface area contributed by atoms with Gasteiger partial charge in [-0.25, -0.2) is 0 Å². The number of thiol groups is 2. The number of hydrogen-bond acceptors (Lipinski definition) is 3. The summed E-state index contributed by atoms with van der Waals surface area (Å²) in [7, 11) is 0. The summed E-state index contributed by atoms with van der Waals surface area (Å²) in [5.74, 6) is 3.94. The van der Waals surface area contributed by atoms with E-state index in [9.17, 15) is 0 Å². The van der Waals surface area contributed by atoms with Gasteiger partial charge in [0.15, 0.2) is 0 Å². The number of hydrogen-bond donors (Lipinski definition) is 2. The van der Waals surface area contributed by atoms with E-state index in [0.717, 1.165) is 12.2 Å². The molecular weight excluding hydrogens is 164 g/mol. The highest BCUT2D eigenvalue weighted by Crippen LogP contribution is 2.01. The molecule has 0 amide bonds. The second-order valence-electron chi connectivity index (χ2n) is 1.83. The summed E-state index contributed by atoms with van der Waals surface area (Å²) in [6.45, 7) is 0.374. The van der Waals surface area contributed by atoms with Crippen LogP contribution in [0, 0.1) is 12.3 Å². The van der Waals surface area contributed by atoms with E-state index in [4.69, 9.17) is 11.2 Å². The Morgan fingerprint density at radius 3 is 2.60 bits per heavy atom. The van der Waals surface area contributed by atoms with Crippen LogP contribution >= 0.6 is 25.3 Å². The van der Waals surface area contributed by atoms with Gasteiger partial charge in [0.1, 0.15) is 6.61 Å². The molecule has 0 heterocycles. The van der Waals surface area contributed by atoms with Crippen molar-refractivity contribution < 1.29 is 4.74 Å². The minimum atomic E-state index is 0.164. The fourth-order valence-corrected chi connectivity index (χ4v) is 1.11. The van der Waals surface area contributed by atoms with E-state index in [2.05, 4.69) is 31.2 Å². The fourth-order valence-electron chi connectivity index (χ4n) is 0.537. The molecule has 0 aromatic heterocycles. The van der Waals surface area contributed by atoms with E-state index in [1.54, 1.807) is 0 Å². The summed E-state index contributed by atoms with van der Waals surface area (Å²) in [5, 5.41) is 0. The Bertz CT molecular complexity index is 109. The predicted octanol–water partition coefficient (Wildman–Crippen LogP) is 1.25. The summed E-state index contributed by atoms with van der Waals surface area (Å²) in [5.41, 5.74) is 0. The number of ether oxygens (including phenoxy) is 1. The Labute approximate surface area is 73.4 Å². The van der Waals surface area contributed by atoms with Gasteiger partial charge in [0, 0.05) is 5.75 Å². The highest BCUT2D eigenvalue weighted by atomic mass is 32.1. The summed E-state index contributed by atoms with van der Waals surface area (Å²) >= 11 is 8.17. The average molecular weight is 176 g/mol. The predicted molar refractivity (Wildman–Crippen MR) is 50.9 cm³/mol. The molecule has 0 aliphatic rings. The maximum atomic E-state index is 5.22. The normalized spacial score (nSPS) is 12.5. The van der Waals surface area contributed by atoms with Gasteiger partial charge in [-0.05, 0) is 12.2 Å². The quantitative estimate of drug-likeness (QED) is 0.473. The monoisotopic (exact) mass is 176 g/mol. The van der Waals surface area contributed by atoms with Gasteiger partial charge < -0.3 is 4.74 Å². The van der Waals surface area contributed by atoms with Gasteiger partial charge in [-0.1, -0.05) is 5.92 Å². The molecule has 0 spiro atoms. The van der Waals surface area contributed by atoms with Crippen LogP contribution in [0.1, 0.15) is 6.42 Å². The zero-order chi connectivity index (χ0) is 7.82. The lowest BCUT2D eigenvalue weighted by atomic mass is 10.3. The lowest BCUT2D eigenvalue weighted by molar-refractivity contribution is 0.0943. The van der Waals surface area contributed by atoms with E-state index in [0.29, 0.717) is 12.4 Å². The molecule has 0 aromatic carbocycles. The van der Waals surface area contributed by atoms with Crippen molar-refractivity contribution in [2.24, 2.45) is 0 Å². The Morgan fingerprint density at radius 1 is 1.50 bits per heavy atom. The van der Waals surface area contributed by atoms with Crippen LogP contribution in [0.15, 0.2) is 0 Å². The summed E-state index contributed by atoms with van der Waals surface area (Å²) in [6.07, 6.45) is 6.08. The molecule has 0 saturated heterocycles. The standard InChI is InChI=1S/C7H12OS2/c1-2-4-8-7(6-10)3-5-9/h1,7,9-10H,3-6H2. The van der Waals surface area contributed by atoms with E-state index in [-0.39, 0.29) is 6.10 Å². The van der Waals surface area contributed by atoms with Crippen molar-refractivity contribution in [3.63, 3.8) is 0 Å².